The molecule has 1 rings (SSSR count). The third-order valence-corrected chi connectivity index (χ3v) is 4.94. The average molecular weight is 268 g/mol. The summed E-state index contributed by atoms with van der Waals surface area (Å²) in [6.07, 6.45) is 0. The summed E-state index contributed by atoms with van der Waals surface area (Å²) in [5.74, 6) is 0. The zero-order valence-electron chi connectivity index (χ0n) is 8.07. The van der Waals surface area contributed by atoms with Gasteiger partial charge >= 0.3 is 0 Å². The van der Waals surface area contributed by atoms with Gasteiger partial charge in [0, 0.05) is 11.6 Å². The Bertz CT molecular complexity index is 459. The van der Waals surface area contributed by atoms with Gasteiger partial charge in [0.2, 0.25) is 0 Å². The van der Waals surface area contributed by atoms with Crippen LogP contribution in [0.1, 0.15) is 6.92 Å². The van der Waals surface area contributed by atoms with Crippen LogP contribution in [0.5, 0.6) is 0 Å². The molecule has 0 fully saturated rings. The van der Waals surface area contributed by atoms with Gasteiger partial charge in [0.1, 0.15) is 0 Å². The van der Waals surface area contributed by atoms with Crippen LogP contribution >= 0.6 is 23.2 Å². The number of hydrogen-bond acceptors (Lipinski definition) is 3. The normalized spacial score (nSPS) is 13.9. The fourth-order valence-corrected chi connectivity index (χ4v) is 3.03. The van der Waals surface area contributed by atoms with Crippen LogP contribution in [0.3, 0.4) is 0 Å². The lowest BCUT2D eigenvalue weighted by Gasteiger charge is -2.11. The smallest absolute Gasteiger partial charge is 0.183 e. The first-order chi connectivity index (χ1) is 6.89. The van der Waals surface area contributed by atoms with Crippen LogP contribution in [0.2, 0.25) is 10.0 Å². The Morgan fingerprint density at radius 3 is 2.53 bits per heavy atom. The first kappa shape index (κ1) is 12.8. The van der Waals surface area contributed by atoms with E-state index < -0.39 is 15.1 Å². The van der Waals surface area contributed by atoms with Gasteiger partial charge in [-0.1, -0.05) is 23.2 Å². The number of hydrogen-bond donors (Lipinski definition) is 1. The van der Waals surface area contributed by atoms with Crippen molar-refractivity contribution >= 4 is 33.0 Å². The summed E-state index contributed by atoms with van der Waals surface area (Å²) in [4.78, 5) is 0.0367. The minimum atomic E-state index is -3.48. The highest BCUT2D eigenvalue weighted by Gasteiger charge is 2.24. The SMILES string of the molecule is CC(CN)S(=O)(=O)c1cc(Cl)ccc1Cl. The van der Waals surface area contributed by atoms with Gasteiger partial charge in [-0.3, -0.25) is 0 Å². The molecule has 0 amide bonds. The molecule has 0 radical (unpaired) electrons. The maximum Gasteiger partial charge on any atom is 0.183 e. The van der Waals surface area contributed by atoms with Crippen LogP contribution in [-0.2, 0) is 9.84 Å². The molecule has 0 spiro atoms. The first-order valence-corrected chi connectivity index (χ1v) is 6.59. The molecule has 0 bridgehead atoms. The van der Waals surface area contributed by atoms with Crippen LogP contribution in [-0.4, -0.2) is 20.2 Å². The lowest BCUT2D eigenvalue weighted by Crippen LogP contribution is -2.26. The summed E-state index contributed by atoms with van der Waals surface area (Å²) in [7, 11) is -3.48. The minimum Gasteiger partial charge on any atom is -0.329 e. The van der Waals surface area contributed by atoms with Crippen LogP contribution in [0.15, 0.2) is 23.1 Å². The number of sulfone groups is 1. The molecule has 0 aliphatic heterocycles. The van der Waals surface area contributed by atoms with Gasteiger partial charge in [-0.2, -0.15) is 0 Å². The Kier molecular flexibility index (Phi) is 4.00. The van der Waals surface area contributed by atoms with Crippen molar-refractivity contribution < 1.29 is 8.42 Å². The van der Waals surface area contributed by atoms with Crippen LogP contribution in [0.25, 0.3) is 0 Å². The van der Waals surface area contributed by atoms with Gasteiger partial charge in [0.05, 0.1) is 15.2 Å². The highest BCUT2D eigenvalue weighted by Crippen LogP contribution is 2.27. The lowest BCUT2D eigenvalue weighted by molar-refractivity contribution is 0.584. The lowest BCUT2D eigenvalue weighted by atomic mass is 10.4. The van der Waals surface area contributed by atoms with Crippen LogP contribution < -0.4 is 5.73 Å². The predicted molar refractivity (Wildman–Crippen MR) is 62.2 cm³/mol. The Morgan fingerprint density at radius 1 is 1.40 bits per heavy atom. The van der Waals surface area contributed by atoms with Crippen molar-refractivity contribution in [2.75, 3.05) is 6.54 Å². The molecule has 84 valence electrons. The standard InChI is InChI=1S/C9H11Cl2NO2S/c1-6(5-12)15(13,14)9-4-7(10)2-3-8(9)11/h2-4,6H,5,12H2,1H3. The average Bonchev–Trinajstić information content (AvgIpc) is 2.20. The summed E-state index contributed by atoms with van der Waals surface area (Å²) < 4.78 is 23.8. The van der Waals surface area contributed by atoms with E-state index >= 15 is 0 Å². The Balaban J connectivity index is 3.33. The molecule has 0 aliphatic rings. The molecule has 1 atom stereocenters. The van der Waals surface area contributed by atoms with E-state index in [4.69, 9.17) is 28.9 Å². The molecule has 15 heavy (non-hydrogen) atoms. The van der Waals surface area contributed by atoms with Crippen molar-refractivity contribution in [3.05, 3.63) is 28.2 Å². The first-order valence-electron chi connectivity index (χ1n) is 4.28. The topological polar surface area (TPSA) is 60.2 Å². The fourth-order valence-electron chi connectivity index (χ4n) is 1.04. The van der Waals surface area contributed by atoms with Gasteiger partial charge in [-0.25, -0.2) is 8.42 Å². The van der Waals surface area contributed by atoms with Gasteiger partial charge in [0.15, 0.2) is 9.84 Å². The monoisotopic (exact) mass is 267 g/mol. The molecule has 0 saturated heterocycles. The number of halogens is 2. The van der Waals surface area contributed by atoms with Gasteiger partial charge in [0.25, 0.3) is 0 Å². The molecule has 0 saturated carbocycles. The third kappa shape index (κ3) is 2.64. The number of rotatable bonds is 3. The van der Waals surface area contributed by atoms with Crippen LogP contribution in [0, 0.1) is 0 Å². The molecule has 2 N–H and O–H groups in total. The van der Waals surface area contributed by atoms with E-state index in [1.54, 1.807) is 0 Å². The largest absolute Gasteiger partial charge is 0.329 e. The summed E-state index contributed by atoms with van der Waals surface area (Å²) in [5, 5.41) is -0.171. The van der Waals surface area contributed by atoms with E-state index in [0.717, 1.165) is 0 Å². The van der Waals surface area contributed by atoms with Crippen molar-refractivity contribution in [2.24, 2.45) is 5.73 Å². The van der Waals surface area contributed by atoms with E-state index in [9.17, 15) is 8.42 Å². The number of benzene rings is 1. The maximum atomic E-state index is 11.9. The second-order valence-electron chi connectivity index (χ2n) is 3.17. The number of nitrogens with two attached hydrogens (primary N) is 1. The van der Waals surface area contributed by atoms with Crippen molar-refractivity contribution in [2.45, 2.75) is 17.1 Å². The van der Waals surface area contributed by atoms with Gasteiger partial charge in [-0.05, 0) is 25.1 Å². The Morgan fingerprint density at radius 2 is 2.00 bits per heavy atom. The maximum absolute atomic E-state index is 11.9. The zero-order chi connectivity index (χ0) is 11.6. The van der Waals surface area contributed by atoms with Crippen LogP contribution in [0.4, 0.5) is 0 Å². The highest BCUT2D eigenvalue weighted by molar-refractivity contribution is 7.92. The summed E-state index contributed by atoms with van der Waals surface area (Å²) in [6, 6.07) is 4.33. The summed E-state index contributed by atoms with van der Waals surface area (Å²) >= 11 is 11.5. The van der Waals surface area contributed by atoms with E-state index in [-0.39, 0.29) is 16.5 Å². The highest BCUT2D eigenvalue weighted by atomic mass is 35.5. The Labute approximate surface area is 99.1 Å². The van der Waals surface area contributed by atoms with Gasteiger partial charge in [-0.15, -0.1) is 0 Å². The fraction of sp³-hybridized carbons (Fsp3) is 0.333. The van der Waals surface area contributed by atoms with E-state index in [2.05, 4.69) is 0 Å². The van der Waals surface area contributed by atoms with E-state index in [0.29, 0.717) is 5.02 Å². The van der Waals surface area contributed by atoms with E-state index in [1.807, 2.05) is 0 Å². The molecule has 6 heteroatoms. The molecule has 1 aromatic rings. The summed E-state index contributed by atoms with van der Waals surface area (Å²) in [5.41, 5.74) is 5.33. The molecule has 1 aromatic carbocycles. The molecular formula is C9H11Cl2NO2S. The van der Waals surface area contributed by atoms with Crippen molar-refractivity contribution in [3.63, 3.8) is 0 Å². The zero-order valence-corrected chi connectivity index (χ0v) is 10.4. The molecule has 3 nitrogen and oxygen atoms in total. The van der Waals surface area contributed by atoms with Crippen molar-refractivity contribution in [1.82, 2.24) is 0 Å². The summed E-state index contributed by atoms with van der Waals surface area (Å²) in [6.45, 7) is 1.58. The molecule has 0 heterocycles. The van der Waals surface area contributed by atoms with E-state index in [1.165, 1.54) is 25.1 Å². The predicted octanol–water partition coefficient (Wildman–Crippen LogP) is 2.11. The third-order valence-electron chi connectivity index (χ3n) is 2.06. The molecule has 0 aromatic heterocycles. The molecule has 1 unspecified atom stereocenters. The van der Waals surface area contributed by atoms with Crippen molar-refractivity contribution in [1.29, 1.82) is 0 Å². The molecular weight excluding hydrogens is 257 g/mol. The second kappa shape index (κ2) is 4.70. The second-order valence-corrected chi connectivity index (χ2v) is 6.34. The Hall–Kier alpha value is -0.290. The molecule has 0 aliphatic carbocycles. The van der Waals surface area contributed by atoms with Gasteiger partial charge < -0.3 is 5.73 Å². The van der Waals surface area contributed by atoms with Crippen molar-refractivity contribution in [3.8, 4) is 0 Å². The quantitative estimate of drug-likeness (QED) is 0.913. The minimum absolute atomic E-state index is 0.0367.